The van der Waals surface area contributed by atoms with Gasteiger partial charge in [0.1, 0.15) is 19.0 Å². The van der Waals surface area contributed by atoms with Gasteiger partial charge in [-0.3, -0.25) is 10.00 Å². The number of hydrogen-bond acceptors (Lipinski definition) is 4. The van der Waals surface area contributed by atoms with E-state index < -0.39 is 0 Å². The largest absolute Gasteiger partial charge is 0.486 e. The van der Waals surface area contributed by atoms with Gasteiger partial charge in [0, 0.05) is 13.1 Å². The molecule has 0 radical (unpaired) electrons. The summed E-state index contributed by atoms with van der Waals surface area (Å²) in [6.07, 6.45) is 0. The van der Waals surface area contributed by atoms with Gasteiger partial charge in [0.15, 0.2) is 11.5 Å². The Labute approximate surface area is 134 Å². The smallest absolute Gasteiger partial charge is 0.320 e. The maximum atomic E-state index is 12.1. The van der Waals surface area contributed by atoms with Crippen LogP contribution < -0.4 is 20.1 Å². The van der Waals surface area contributed by atoms with Gasteiger partial charge in [-0.25, -0.2) is 4.79 Å². The van der Waals surface area contributed by atoms with E-state index in [0.717, 1.165) is 17.0 Å². The Hall–Kier alpha value is -2.70. The Morgan fingerprint density at radius 3 is 2.70 bits per heavy atom. The van der Waals surface area contributed by atoms with Gasteiger partial charge in [-0.2, -0.15) is 5.10 Å². The number of ether oxygens (including phenoxy) is 2. The second-order valence-corrected chi connectivity index (χ2v) is 5.52. The molecule has 1 aliphatic rings. The number of benzene rings is 1. The molecule has 0 bridgehead atoms. The zero-order chi connectivity index (χ0) is 16.4. The fourth-order valence-corrected chi connectivity index (χ4v) is 2.49. The van der Waals surface area contributed by atoms with E-state index in [0.29, 0.717) is 24.8 Å². The molecule has 23 heavy (non-hydrogen) atoms. The number of urea groups is 1. The van der Waals surface area contributed by atoms with Crippen LogP contribution in [-0.4, -0.2) is 29.0 Å². The molecule has 2 amide bonds. The van der Waals surface area contributed by atoms with E-state index in [1.807, 2.05) is 38.1 Å². The molecule has 1 aliphatic heterocycles. The summed E-state index contributed by atoms with van der Waals surface area (Å²) in [5.41, 5.74) is 1.80. The van der Waals surface area contributed by atoms with Gasteiger partial charge >= 0.3 is 6.03 Å². The summed E-state index contributed by atoms with van der Waals surface area (Å²) in [4.78, 5) is 12.1. The van der Waals surface area contributed by atoms with Crippen LogP contribution in [0.3, 0.4) is 0 Å². The molecule has 1 aromatic carbocycles. The summed E-state index contributed by atoms with van der Waals surface area (Å²) in [5, 5.41) is 9.88. The first-order valence-electron chi connectivity index (χ1n) is 7.50. The van der Waals surface area contributed by atoms with Crippen molar-refractivity contribution in [3.05, 3.63) is 35.5 Å². The molecule has 1 atom stereocenters. The minimum Gasteiger partial charge on any atom is -0.486 e. The van der Waals surface area contributed by atoms with Crippen molar-refractivity contribution >= 4 is 11.8 Å². The summed E-state index contributed by atoms with van der Waals surface area (Å²) in [6.45, 7) is 4.89. The minimum atomic E-state index is -0.282. The van der Waals surface area contributed by atoms with E-state index >= 15 is 0 Å². The number of nitrogens with zero attached hydrogens (tertiary/aromatic N) is 2. The molecule has 0 aliphatic carbocycles. The number of fused-ring (bicyclic) bond motifs is 1. The lowest BCUT2D eigenvalue weighted by atomic mass is 10.1. The fourth-order valence-electron chi connectivity index (χ4n) is 2.49. The van der Waals surface area contributed by atoms with Crippen molar-refractivity contribution < 1.29 is 14.3 Å². The second-order valence-electron chi connectivity index (χ2n) is 5.52. The standard InChI is InChI=1S/C16H20N4O3/c1-10-8-15(20(3)19-10)18-16(21)17-11(2)12-4-5-13-14(9-12)23-7-6-22-13/h4-5,8-9,11H,6-7H2,1-3H3,(H2,17,18,21). The lowest BCUT2D eigenvalue weighted by molar-refractivity contribution is 0.171. The molecule has 122 valence electrons. The van der Waals surface area contributed by atoms with Crippen LogP contribution in [0.5, 0.6) is 11.5 Å². The SMILES string of the molecule is Cc1cc(NC(=O)NC(C)c2ccc3c(c2)OCCO3)n(C)n1. The Kier molecular flexibility index (Phi) is 4.10. The third kappa shape index (κ3) is 3.39. The van der Waals surface area contributed by atoms with E-state index in [1.165, 1.54) is 0 Å². The Balaban J connectivity index is 1.65. The van der Waals surface area contributed by atoms with E-state index in [1.54, 1.807) is 11.7 Å². The van der Waals surface area contributed by atoms with Gasteiger partial charge in [-0.15, -0.1) is 0 Å². The van der Waals surface area contributed by atoms with Crippen LogP contribution in [0.1, 0.15) is 24.2 Å². The normalized spacial score (nSPS) is 14.2. The average Bonchev–Trinajstić information content (AvgIpc) is 2.84. The number of aromatic nitrogens is 2. The lowest BCUT2D eigenvalue weighted by Crippen LogP contribution is -2.31. The number of nitrogens with one attached hydrogen (secondary N) is 2. The Morgan fingerprint density at radius 1 is 1.26 bits per heavy atom. The summed E-state index contributed by atoms with van der Waals surface area (Å²) >= 11 is 0. The second kappa shape index (κ2) is 6.20. The lowest BCUT2D eigenvalue weighted by Gasteiger charge is -2.21. The van der Waals surface area contributed by atoms with Crippen molar-refractivity contribution in [3.8, 4) is 11.5 Å². The summed E-state index contributed by atoms with van der Waals surface area (Å²) in [6, 6.07) is 7.05. The van der Waals surface area contributed by atoms with Crippen LogP contribution in [0.25, 0.3) is 0 Å². The van der Waals surface area contributed by atoms with Crippen LogP contribution in [0.4, 0.5) is 10.6 Å². The number of carbonyl (C=O) groups is 1. The van der Waals surface area contributed by atoms with Crippen molar-refractivity contribution in [2.24, 2.45) is 7.05 Å². The van der Waals surface area contributed by atoms with Gasteiger partial charge in [0.05, 0.1) is 11.7 Å². The van der Waals surface area contributed by atoms with Crippen molar-refractivity contribution in [2.45, 2.75) is 19.9 Å². The molecular weight excluding hydrogens is 296 g/mol. The van der Waals surface area contributed by atoms with E-state index in [4.69, 9.17) is 9.47 Å². The van der Waals surface area contributed by atoms with E-state index in [-0.39, 0.29) is 12.1 Å². The first-order chi connectivity index (χ1) is 11.0. The van der Waals surface area contributed by atoms with Gasteiger partial charge in [-0.1, -0.05) is 6.07 Å². The average molecular weight is 316 g/mol. The molecular formula is C16H20N4O3. The quantitative estimate of drug-likeness (QED) is 0.911. The molecule has 0 saturated carbocycles. The summed E-state index contributed by atoms with van der Waals surface area (Å²) in [7, 11) is 1.78. The number of hydrogen-bond donors (Lipinski definition) is 2. The molecule has 1 aromatic heterocycles. The molecule has 2 N–H and O–H groups in total. The molecule has 7 heteroatoms. The first kappa shape index (κ1) is 15.2. The highest BCUT2D eigenvalue weighted by Crippen LogP contribution is 2.32. The number of anilines is 1. The molecule has 0 spiro atoms. The molecule has 7 nitrogen and oxygen atoms in total. The number of carbonyl (C=O) groups excluding carboxylic acids is 1. The van der Waals surface area contributed by atoms with Crippen molar-refractivity contribution in [1.29, 1.82) is 0 Å². The van der Waals surface area contributed by atoms with E-state index in [2.05, 4.69) is 15.7 Å². The maximum Gasteiger partial charge on any atom is 0.320 e. The molecule has 0 fully saturated rings. The molecule has 0 saturated heterocycles. The van der Waals surface area contributed by atoms with Crippen molar-refractivity contribution in [1.82, 2.24) is 15.1 Å². The van der Waals surface area contributed by atoms with Gasteiger partial charge in [-0.05, 0) is 31.5 Å². The van der Waals surface area contributed by atoms with Crippen LogP contribution >= 0.6 is 0 Å². The Bertz CT molecular complexity index is 726. The summed E-state index contributed by atoms with van der Waals surface area (Å²) < 4.78 is 12.7. The van der Waals surface area contributed by atoms with Crippen LogP contribution in [0.2, 0.25) is 0 Å². The first-order valence-corrected chi connectivity index (χ1v) is 7.50. The molecule has 2 aromatic rings. The van der Waals surface area contributed by atoms with Gasteiger partial charge < -0.3 is 14.8 Å². The third-order valence-corrected chi connectivity index (χ3v) is 3.66. The topological polar surface area (TPSA) is 77.4 Å². The van der Waals surface area contributed by atoms with Crippen LogP contribution in [0, 0.1) is 6.92 Å². The summed E-state index contributed by atoms with van der Waals surface area (Å²) in [5.74, 6) is 2.10. The monoisotopic (exact) mass is 316 g/mol. The predicted molar refractivity (Wildman–Crippen MR) is 85.9 cm³/mol. The van der Waals surface area contributed by atoms with Crippen LogP contribution in [-0.2, 0) is 7.05 Å². The molecule has 2 heterocycles. The number of amides is 2. The van der Waals surface area contributed by atoms with Crippen LogP contribution in [0.15, 0.2) is 24.3 Å². The van der Waals surface area contributed by atoms with E-state index in [9.17, 15) is 4.79 Å². The highest BCUT2D eigenvalue weighted by molar-refractivity contribution is 5.88. The fraction of sp³-hybridized carbons (Fsp3) is 0.375. The zero-order valence-electron chi connectivity index (χ0n) is 13.4. The third-order valence-electron chi connectivity index (χ3n) is 3.66. The number of rotatable bonds is 3. The van der Waals surface area contributed by atoms with Gasteiger partial charge in [0.2, 0.25) is 0 Å². The Morgan fingerprint density at radius 2 is 2.00 bits per heavy atom. The van der Waals surface area contributed by atoms with Crippen molar-refractivity contribution in [2.75, 3.05) is 18.5 Å². The highest BCUT2D eigenvalue weighted by Gasteiger charge is 2.16. The maximum absolute atomic E-state index is 12.1. The van der Waals surface area contributed by atoms with Gasteiger partial charge in [0.25, 0.3) is 0 Å². The number of aryl methyl sites for hydroxylation is 2. The van der Waals surface area contributed by atoms with Crippen molar-refractivity contribution in [3.63, 3.8) is 0 Å². The molecule has 3 rings (SSSR count). The zero-order valence-corrected chi connectivity index (χ0v) is 13.4. The minimum absolute atomic E-state index is 0.167. The molecule has 1 unspecified atom stereocenters. The predicted octanol–water partition coefficient (Wildman–Crippen LogP) is 2.38. The highest BCUT2D eigenvalue weighted by atomic mass is 16.6.